The Labute approximate surface area is 86.9 Å². The molecular weight excluding hydrogens is 192 g/mol. The molecule has 0 bridgehead atoms. The van der Waals surface area contributed by atoms with Gasteiger partial charge in [-0.05, 0) is 23.7 Å². The molecule has 0 unspecified atom stereocenters. The molecule has 0 amide bonds. The topological polar surface area (TPSA) is 51.5 Å². The minimum atomic E-state index is 0.342. The number of ether oxygens (including phenoxy) is 1. The lowest BCUT2D eigenvalue weighted by Gasteiger charge is -2.05. The van der Waals surface area contributed by atoms with Crippen LogP contribution in [0.3, 0.4) is 0 Å². The van der Waals surface area contributed by atoms with Gasteiger partial charge >= 0.3 is 0 Å². The van der Waals surface area contributed by atoms with Gasteiger partial charge in [-0.3, -0.25) is 0 Å². The molecule has 1 aromatic carbocycles. The summed E-state index contributed by atoms with van der Waals surface area (Å²) in [6, 6.07) is 7.17. The van der Waals surface area contributed by atoms with E-state index in [1.165, 1.54) is 0 Å². The maximum absolute atomic E-state index is 10.6. The maximum Gasteiger partial charge on any atom is 0.213 e. The fourth-order valence-corrected chi connectivity index (χ4v) is 1.55. The van der Waals surface area contributed by atoms with Crippen molar-refractivity contribution in [3.05, 3.63) is 34.7 Å². The second-order valence-corrected chi connectivity index (χ2v) is 3.25. The van der Waals surface area contributed by atoms with E-state index in [9.17, 15) is 4.91 Å². The van der Waals surface area contributed by atoms with E-state index in [0.29, 0.717) is 17.1 Å². The fraction of sp³-hybridized carbons (Fsp3) is 0.182. The molecule has 2 rings (SSSR count). The molecule has 0 N–H and O–H groups in total. The highest BCUT2D eigenvalue weighted by Gasteiger charge is 2.07. The van der Waals surface area contributed by atoms with Crippen LogP contribution in [0.4, 0.5) is 5.69 Å². The summed E-state index contributed by atoms with van der Waals surface area (Å²) >= 11 is 0. The number of hydrogen-bond acceptors (Lipinski definition) is 4. The van der Waals surface area contributed by atoms with Gasteiger partial charge in [0.1, 0.15) is 11.2 Å². The lowest BCUT2D eigenvalue weighted by atomic mass is 10.1. The van der Waals surface area contributed by atoms with Crippen molar-refractivity contribution in [1.29, 1.82) is 0 Å². The Kier molecular flexibility index (Phi) is 2.33. The van der Waals surface area contributed by atoms with Crippen molar-refractivity contribution in [2.24, 2.45) is 5.18 Å². The van der Waals surface area contributed by atoms with Crippen LogP contribution in [0, 0.1) is 11.8 Å². The van der Waals surface area contributed by atoms with Gasteiger partial charge in [0.15, 0.2) is 0 Å². The summed E-state index contributed by atoms with van der Waals surface area (Å²) in [6.07, 6.45) is 0. The first-order chi connectivity index (χ1) is 7.26. The number of methoxy groups -OCH3 is 1. The van der Waals surface area contributed by atoms with Crippen molar-refractivity contribution in [3.63, 3.8) is 0 Å². The normalized spacial score (nSPS) is 10.3. The third kappa shape index (κ3) is 1.54. The molecule has 2 aromatic rings. The Hall–Kier alpha value is -1.97. The smallest absolute Gasteiger partial charge is 0.213 e. The third-order valence-corrected chi connectivity index (χ3v) is 2.31. The Morgan fingerprint density at radius 2 is 2.20 bits per heavy atom. The molecule has 0 saturated heterocycles. The molecule has 4 heteroatoms. The van der Waals surface area contributed by atoms with Gasteiger partial charge in [0, 0.05) is 11.5 Å². The van der Waals surface area contributed by atoms with Crippen molar-refractivity contribution < 1.29 is 4.74 Å². The van der Waals surface area contributed by atoms with Gasteiger partial charge in [0.25, 0.3) is 0 Å². The summed E-state index contributed by atoms with van der Waals surface area (Å²) in [4.78, 5) is 14.8. The predicted octanol–water partition coefficient (Wildman–Crippen LogP) is 2.95. The first-order valence-corrected chi connectivity index (χ1v) is 4.54. The van der Waals surface area contributed by atoms with Crippen LogP contribution >= 0.6 is 0 Å². The van der Waals surface area contributed by atoms with E-state index in [1.807, 2.05) is 19.1 Å². The summed E-state index contributed by atoms with van der Waals surface area (Å²) < 4.78 is 5.05. The van der Waals surface area contributed by atoms with E-state index in [2.05, 4.69) is 10.2 Å². The maximum atomic E-state index is 10.6. The summed E-state index contributed by atoms with van der Waals surface area (Å²) in [6.45, 7) is 1.95. The molecule has 76 valence electrons. The average Bonchev–Trinajstić information content (AvgIpc) is 2.28. The SMILES string of the molecule is COc1cc(C)c2cccc(N=O)c2n1. The van der Waals surface area contributed by atoms with Crippen molar-refractivity contribution in [3.8, 4) is 5.88 Å². The van der Waals surface area contributed by atoms with E-state index >= 15 is 0 Å². The molecule has 1 aromatic heterocycles. The zero-order chi connectivity index (χ0) is 10.8. The van der Waals surface area contributed by atoms with Gasteiger partial charge in [-0.1, -0.05) is 12.1 Å². The molecule has 15 heavy (non-hydrogen) atoms. The molecule has 0 saturated carbocycles. The van der Waals surface area contributed by atoms with Crippen LogP contribution in [0.15, 0.2) is 29.4 Å². The van der Waals surface area contributed by atoms with E-state index in [4.69, 9.17) is 4.74 Å². The van der Waals surface area contributed by atoms with Crippen LogP contribution in [-0.4, -0.2) is 12.1 Å². The third-order valence-electron chi connectivity index (χ3n) is 2.31. The molecule has 4 nitrogen and oxygen atoms in total. The van der Waals surface area contributed by atoms with Crippen molar-refractivity contribution in [2.75, 3.05) is 7.11 Å². The Bertz CT molecular complexity index is 523. The highest BCUT2D eigenvalue weighted by atomic mass is 16.5. The minimum absolute atomic E-state index is 0.342. The Morgan fingerprint density at radius 3 is 2.87 bits per heavy atom. The number of rotatable bonds is 2. The zero-order valence-electron chi connectivity index (χ0n) is 8.52. The van der Waals surface area contributed by atoms with Crippen molar-refractivity contribution in [2.45, 2.75) is 6.92 Å². The van der Waals surface area contributed by atoms with E-state index < -0.39 is 0 Å². The first kappa shape index (κ1) is 9.58. The van der Waals surface area contributed by atoms with Gasteiger partial charge in [0.2, 0.25) is 5.88 Å². The number of fused-ring (bicyclic) bond motifs is 1. The number of aryl methyl sites for hydroxylation is 1. The first-order valence-electron chi connectivity index (χ1n) is 4.54. The highest BCUT2D eigenvalue weighted by molar-refractivity contribution is 5.91. The fourth-order valence-electron chi connectivity index (χ4n) is 1.55. The zero-order valence-corrected chi connectivity index (χ0v) is 8.52. The number of aromatic nitrogens is 1. The van der Waals surface area contributed by atoms with Crippen LogP contribution in [0.5, 0.6) is 5.88 Å². The summed E-state index contributed by atoms with van der Waals surface area (Å²) in [7, 11) is 1.55. The number of hydrogen-bond donors (Lipinski definition) is 0. The largest absolute Gasteiger partial charge is 0.481 e. The van der Waals surface area contributed by atoms with Crippen LogP contribution in [-0.2, 0) is 0 Å². The van der Waals surface area contributed by atoms with E-state index in [1.54, 1.807) is 19.2 Å². The van der Waals surface area contributed by atoms with Crippen LogP contribution < -0.4 is 4.74 Å². The van der Waals surface area contributed by atoms with Crippen LogP contribution in [0.1, 0.15) is 5.56 Å². The molecule has 0 aliphatic rings. The number of pyridine rings is 1. The van der Waals surface area contributed by atoms with Crippen molar-refractivity contribution >= 4 is 16.6 Å². The van der Waals surface area contributed by atoms with E-state index in [-0.39, 0.29) is 0 Å². The van der Waals surface area contributed by atoms with Crippen molar-refractivity contribution in [1.82, 2.24) is 4.98 Å². The second kappa shape index (κ2) is 3.65. The molecule has 0 atom stereocenters. The highest BCUT2D eigenvalue weighted by Crippen LogP contribution is 2.28. The summed E-state index contributed by atoms with van der Waals surface area (Å²) in [5, 5.41) is 3.87. The number of nitroso groups, excluding NO2 is 1. The lowest BCUT2D eigenvalue weighted by molar-refractivity contribution is 0.399. The summed E-state index contributed by atoms with van der Waals surface area (Å²) in [5.74, 6) is 0.496. The van der Waals surface area contributed by atoms with Gasteiger partial charge in [-0.25, -0.2) is 4.98 Å². The molecule has 1 heterocycles. The van der Waals surface area contributed by atoms with Gasteiger partial charge in [-0.2, -0.15) is 0 Å². The van der Waals surface area contributed by atoms with Crippen LogP contribution in [0.25, 0.3) is 10.9 Å². The van der Waals surface area contributed by atoms with E-state index in [0.717, 1.165) is 10.9 Å². The Balaban J connectivity index is 2.85. The van der Waals surface area contributed by atoms with Gasteiger partial charge < -0.3 is 4.74 Å². The second-order valence-electron chi connectivity index (χ2n) is 3.25. The van der Waals surface area contributed by atoms with Crippen LogP contribution in [0.2, 0.25) is 0 Å². The molecule has 0 fully saturated rings. The molecular formula is C11H10N2O2. The number of para-hydroxylation sites is 1. The predicted molar refractivity (Wildman–Crippen MR) is 58.5 cm³/mol. The van der Waals surface area contributed by atoms with Gasteiger partial charge in [-0.15, -0.1) is 4.91 Å². The Morgan fingerprint density at radius 1 is 1.40 bits per heavy atom. The lowest BCUT2D eigenvalue weighted by Crippen LogP contribution is -1.90. The minimum Gasteiger partial charge on any atom is -0.481 e. The molecule has 0 aliphatic carbocycles. The molecule has 0 radical (unpaired) electrons. The number of benzene rings is 1. The standard InChI is InChI=1S/C11H10N2O2/c1-7-6-10(15-2)12-11-8(7)4-3-5-9(11)13-14/h3-6H,1-2H3. The molecule has 0 aliphatic heterocycles. The van der Waals surface area contributed by atoms with Gasteiger partial charge in [0.05, 0.1) is 7.11 Å². The molecule has 0 spiro atoms. The monoisotopic (exact) mass is 202 g/mol. The number of nitrogens with zero attached hydrogens (tertiary/aromatic N) is 2. The summed E-state index contributed by atoms with van der Waals surface area (Å²) in [5.41, 5.74) is 1.95. The quantitative estimate of drug-likeness (QED) is 0.703. The average molecular weight is 202 g/mol.